The molecule has 0 fully saturated rings. The maximum absolute atomic E-state index is 5.23. The number of hydrazine groups is 1. The van der Waals surface area contributed by atoms with E-state index < -0.39 is 0 Å². The van der Waals surface area contributed by atoms with E-state index >= 15 is 0 Å². The number of nitrogens with zero attached hydrogens (tertiary/aromatic N) is 2. The van der Waals surface area contributed by atoms with Crippen molar-refractivity contribution in [3.05, 3.63) is 36.5 Å². The smallest absolute Gasteiger partial charge is 0.145 e. The normalized spacial score (nSPS) is 9.93. The van der Waals surface area contributed by atoms with Crippen LogP contribution in [0.25, 0.3) is 0 Å². The summed E-state index contributed by atoms with van der Waals surface area (Å²) >= 11 is 0. The summed E-state index contributed by atoms with van der Waals surface area (Å²) in [5.74, 6) is 6.50. The molecule has 0 unspecified atom stereocenters. The summed E-state index contributed by atoms with van der Waals surface area (Å²) < 4.78 is 4.94. The maximum Gasteiger partial charge on any atom is 0.145 e. The lowest BCUT2D eigenvalue weighted by molar-refractivity contribution is 0.564. The molecule has 2 aromatic heterocycles. The largest absolute Gasteiger partial charge is 0.472 e. The molecule has 0 saturated carbocycles. The van der Waals surface area contributed by atoms with Crippen molar-refractivity contribution in [3.63, 3.8) is 0 Å². The highest BCUT2D eigenvalue weighted by atomic mass is 16.3. The number of nitrogen functional groups attached to an aromatic ring is 1. The van der Waals surface area contributed by atoms with Crippen molar-refractivity contribution in [1.82, 2.24) is 9.97 Å². The van der Waals surface area contributed by atoms with Crippen LogP contribution in [0.15, 0.2) is 35.4 Å². The molecule has 0 atom stereocenters. The minimum absolute atomic E-state index is 0.569. The minimum atomic E-state index is 0.569. The van der Waals surface area contributed by atoms with Crippen molar-refractivity contribution in [1.29, 1.82) is 0 Å². The van der Waals surface area contributed by atoms with E-state index in [0.29, 0.717) is 18.2 Å². The first-order valence-corrected chi connectivity index (χ1v) is 4.42. The number of nitrogens with one attached hydrogen (secondary N) is 2. The molecule has 2 rings (SSSR count). The number of hydrogen-bond acceptors (Lipinski definition) is 6. The lowest BCUT2D eigenvalue weighted by Gasteiger charge is -2.04. The monoisotopic (exact) mass is 205 g/mol. The Hall–Kier alpha value is -2.08. The van der Waals surface area contributed by atoms with Crippen LogP contribution in [0.4, 0.5) is 11.6 Å². The van der Waals surface area contributed by atoms with Gasteiger partial charge in [0.15, 0.2) is 0 Å². The van der Waals surface area contributed by atoms with Gasteiger partial charge in [0.1, 0.15) is 18.0 Å². The third kappa shape index (κ3) is 2.44. The molecular weight excluding hydrogens is 194 g/mol. The van der Waals surface area contributed by atoms with Gasteiger partial charge in [0.05, 0.1) is 12.5 Å². The van der Waals surface area contributed by atoms with Gasteiger partial charge in [-0.1, -0.05) is 0 Å². The Balaban J connectivity index is 1.98. The second-order valence-corrected chi connectivity index (χ2v) is 2.92. The van der Waals surface area contributed by atoms with Gasteiger partial charge >= 0.3 is 0 Å². The summed E-state index contributed by atoms with van der Waals surface area (Å²) in [7, 11) is 0. The van der Waals surface area contributed by atoms with Crippen LogP contribution in [0.1, 0.15) is 5.56 Å². The van der Waals surface area contributed by atoms with Crippen LogP contribution in [-0.4, -0.2) is 9.97 Å². The second kappa shape index (κ2) is 4.43. The highest BCUT2D eigenvalue weighted by Crippen LogP contribution is 2.09. The average Bonchev–Trinajstić information content (AvgIpc) is 2.79. The van der Waals surface area contributed by atoms with Gasteiger partial charge in [0, 0.05) is 18.2 Å². The molecule has 0 aromatic carbocycles. The zero-order chi connectivity index (χ0) is 10.5. The Morgan fingerprint density at radius 3 is 2.93 bits per heavy atom. The summed E-state index contributed by atoms with van der Waals surface area (Å²) in [4.78, 5) is 7.94. The standard InChI is InChI=1S/C9H11N5O/c10-14-9-3-8(12-6-13-9)11-4-7-1-2-15-5-7/h1-3,5-6H,4,10H2,(H2,11,12,13,14). The Labute approximate surface area is 86.5 Å². The molecule has 0 aliphatic rings. The number of nitrogens with two attached hydrogens (primary N) is 1. The molecule has 78 valence electrons. The van der Waals surface area contributed by atoms with Gasteiger partial charge in [0.2, 0.25) is 0 Å². The molecule has 0 bridgehead atoms. The van der Waals surface area contributed by atoms with Gasteiger partial charge in [-0.3, -0.25) is 0 Å². The molecule has 4 N–H and O–H groups in total. The fraction of sp³-hybridized carbons (Fsp3) is 0.111. The van der Waals surface area contributed by atoms with Crippen LogP contribution in [0.2, 0.25) is 0 Å². The van der Waals surface area contributed by atoms with Crippen LogP contribution in [-0.2, 0) is 6.54 Å². The molecule has 0 aliphatic heterocycles. The van der Waals surface area contributed by atoms with Crippen molar-refractivity contribution in [3.8, 4) is 0 Å². The van der Waals surface area contributed by atoms with Crippen molar-refractivity contribution in [2.45, 2.75) is 6.54 Å². The Kier molecular flexibility index (Phi) is 2.80. The summed E-state index contributed by atoms with van der Waals surface area (Å²) in [6.07, 6.45) is 4.74. The van der Waals surface area contributed by atoms with E-state index in [4.69, 9.17) is 10.3 Å². The molecule has 2 aromatic rings. The predicted molar refractivity (Wildman–Crippen MR) is 55.9 cm³/mol. The number of anilines is 2. The summed E-state index contributed by atoms with van der Waals surface area (Å²) in [5.41, 5.74) is 3.50. The van der Waals surface area contributed by atoms with E-state index in [1.807, 2.05) is 6.07 Å². The fourth-order valence-electron chi connectivity index (χ4n) is 1.12. The van der Waals surface area contributed by atoms with Gasteiger partial charge in [-0.15, -0.1) is 0 Å². The number of rotatable bonds is 4. The SMILES string of the molecule is NNc1cc(NCc2ccoc2)ncn1. The number of furan rings is 1. The molecule has 0 radical (unpaired) electrons. The molecule has 0 spiro atoms. The van der Waals surface area contributed by atoms with Gasteiger partial charge < -0.3 is 15.2 Å². The number of hydrogen-bond donors (Lipinski definition) is 3. The maximum atomic E-state index is 5.23. The van der Waals surface area contributed by atoms with Crippen molar-refractivity contribution in [2.75, 3.05) is 10.7 Å². The fourth-order valence-corrected chi connectivity index (χ4v) is 1.12. The van der Waals surface area contributed by atoms with Crippen LogP contribution < -0.4 is 16.6 Å². The third-order valence-corrected chi connectivity index (χ3v) is 1.87. The molecule has 2 heterocycles. The van der Waals surface area contributed by atoms with Crippen LogP contribution in [0.3, 0.4) is 0 Å². The quantitative estimate of drug-likeness (QED) is 0.509. The zero-order valence-corrected chi connectivity index (χ0v) is 7.97. The molecule has 0 amide bonds. The summed E-state index contributed by atoms with van der Waals surface area (Å²) in [6, 6.07) is 3.61. The first-order chi connectivity index (χ1) is 7.38. The highest BCUT2D eigenvalue weighted by Gasteiger charge is 1.98. The van der Waals surface area contributed by atoms with Gasteiger partial charge in [0.25, 0.3) is 0 Å². The topological polar surface area (TPSA) is 89.0 Å². The minimum Gasteiger partial charge on any atom is -0.472 e. The molecule has 15 heavy (non-hydrogen) atoms. The average molecular weight is 205 g/mol. The molecule has 6 nitrogen and oxygen atoms in total. The number of aromatic nitrogens is 2. The van der Waals surface area contributed by atoms with Gasteiger partial charge in [-0.05, 0) is 6.07 Å². The van der Waals surface area contributed by atoms with E-state index in [2.05, 4.69) is 20.7 Å². The van der Waals surface area contributed by atoms with Gasteiger partial charge in [-0.2, -0.15) is 0 Å². The third-order valence-electron chi connectivity index (χ3n) is 1.87. The molecule has 0 saturated heterocycles. The van der Waals surface area contributed by atoms with E-state index in [1.165, 1.54) is 6.33 Å². The molecule has 0 aliphatic carbocycles. The molecule has 6 heteroatoms. The van der Waals surface area contributed by atoms with E-state index in [-0.39, 0.29) is 0 Å². The van der Waals surface area contributed by atoms with Crippen molar-refractivity contribution < 1.29 is 4.42 Å². The summed E-state index contributed by atoms with van der Waals surface area (Å²) in [6.45, 7) is 0.650. The van der Waals surface area contributed by atoms with E-state index in [9.17, 15) is 0 Å². The molecular formula is C9H11N5O. The van der Waals surface area contributed by atoms with Gasteiger partial charge in [-0.25, -0.2) is 15.8 Å². The van der Waals surface area contributed by atoms with Crippen LogP contribution in [0.5, 0.6) is 0 Å². The van der Waals surface area contributed by atoms with E-state index in [0.717, 1.165) is 5.56 Å². The Morgan fingerprint density at radius 2 is 2.20 bits per heavy atom. The second-order valence-electron chi connectivity index (χ2n) is 2.92. The van der Waals surface area contributed by atoms with Crippen LogP contribution in [0, 0.1) is 0 Å². The van der Waals surface area contributed by atoms with Crippen molar-refractivity contribution >= 4 is 11.6 Å². The lowest BCUT2D eigenvalue weighted by atomic mass is 10.3. The Bertz CT molecular complexity index is 414. The summed E-state index contributed by atoms with van der Waals surface area (Å²) in [5, 5.41) is 3.12. The lowest BCUT2D eigenvalue weighted by Crippen LogP contribution is -2.09. The first kappa shape index (κ1) is 9.47. The predicted octanol–water partition coefficient (Wildman–Crippen LogP) is 0.967. The van der Waals surface area contributed by atoms with Crippen molar-refractivity contribution in [2.24, 2.45) is 5.84 Å². The first-order valence-electron chi connectivity index (χ1n) is 4.42. The highest BCUT2D eigenvalue weighted by molar-refractivity contribution is 5.45. The Morgan fingerprint density at radius 1 is 1.33 bits per heavy atom. The van der Waals surface area contributed by atoms with E-state index in [1.54, 1.807) is 18.6 Å². The van der Waals surface area contributed by atoms with Crippen LogP contribution >= 0.6 is 0 Å². The zero-order valence-electron chi connectivity index (χ0n) is 7.97.